The average molecular weight is 173 g/mol. The van der Waals surface area contributed by atoms with E-state index in [0.29, 0.717) is 11.8 Å². The van der Waals surface area contributed by atoms with Gasteiger partial charge in [-0.25, -0.2) is 0 Å². The second-order valence-electron chi connectivity index (χ2n) is 4.49. The third-order valence-electron chi connectivity index (χ3n) is 1.95. The van der Waals surface area contributed by atoms with Gasteiger partial charge < -0.3 is 10.8 Å². The van der Waals surface area contributed by atoms with Crippen molar-refractivity contribution in [3.05, 3.63) is 0 Å². The molecular weight excluding hydrogens is 150 g/mol. The van der Waals surface area contributed by atoms with Gasteiger partial charge in [-0.05, 0) is 24.7 Å². The van der Waals surface area contributed by atoms with Crippen LogP contribution in [0.25, 0.3) is 0 Å². The maximum Gasteiger partial charge on any atom is 0.0693 e. The van der Waals surface area contributed by atoms with E-state index >= 15 is 0 Å². The first kappa shape index (κ1) is 11.9. The molecular formula is C10H23NO. The van der Waals surface area contributed by atoms with E-state index in [1.54, 1.807) is 0 Å². The summed E-state index contributed by atoms with van der Waals surface area (Å²) in [4.78, 5) is 0. The fourth-order valence-electron chi connectivity index (χ4n) is 1.36. The molecule has 2 unspecified atom stereocenters. The molecule has 12 heavy (non-hydrogen) atoms. The van der Waals surface area contributed by atoms with Crippen molar-refractivity contribution in [2.75, 3.05) is 0 Å². The Kier molecular flexibility index (Phi) is 5.51. The van der Waals surface area contributed by atoms with Crippen LogP contribution in [0.15, 0.2) is 0 Å². The molecule has 0 bridgehead atoms. The Morgan fingerprint density at radius 1 is 1.00 bits per heavy atom. The summed E-state index contributed by atoms with van der Waals surface area (Å²) in [6.45, 7) is 8.46. The number of aliphatic hydroxyl groups is 1. The quantitative estimate of drug-likeness (QED) is 0.665. The van der Waals surface area contributed by atoms with Gasteiger partial charge in [0.25, 0.3) is 0 Å². The maximum atomic E-state index is 9.61. The molecule has 0 aliphatic rings. The van der Waals surface area contributed by atoms with Crippen molar-refractivity contribution in [3.8, 4) is 0 Å². The van der Waals surface area contributed by atoms with Crippen molar-refractivity contribution in [2.45, 2.75) is 52.7 Å². The largest absolute Gasteiger partial charge is 0.392 e. The van der Waals surface area contributed by atoms with Gasteiger partial charge in [-0.1, -0.05) is 27.7 Å². The molecule has 0 aromatic heterocycles. The monoisotopic (exact) mass is 173 g/mol. The summed E-state index contributed by atoms with van der Waals surface area (Å²) in [5.41, 5.74) is 5.82. The van der Waals surface area contributed by atoms with Crippen molar-refractivity contribution in [3.63, 3.8) is 0 Å². The fraction of sp³-hybridized carbons (Fsp3) is 1.00. The molecule has 0 fully saturated rings. The Hall–Kier alpha value is -0.0800. The highest BCUT2D eigenvalue weighted by atomic mass is 16.3. The first-order valence-electron chi connectivity index (χ1n) is 4.87. The lowest BCUT2D eigenvalue weighted by molar-refractivity contribution is 0.112. The zero-order valence-electron chi connectivity index (χ0n) is 8.75. The third-order valence-corrected chi connectivity index (χ3v) is 1.95. The zero-order valence-corrected chi connectivity index (χ0v) is 8.75. The van der Waals surface area contributed by atoms with E-state index in [1.807, 2.05) is 0 Å². The molecule has 0 saturated heterocycles. The Balaban J connectivity index is 3.68. The minimum Gasteiger partial charge on any atom is -0.392 e. The minimum atomic E-state index is -0.326. The molecule has 74 valence electrons. The van der Waals surface area contributed by atoms with E-state index in [1.165, 1.54) is 0 Å². The Morgan fingerprint density at radius 2 is 1.42 bits per heavy atom. The molecule has 0 spiro atoms. The van der Waals surface area contributed by atoms with Crippen molar-refractivity contribution in [1.82, 2.24) is 0 Å². The van der Waals surface area contributed by atoms with E-state index < -0.39 is 0 Å². The van der Waals surface area contributed by atoms with Crippen LogP contribution in [0.1, 0.15) is 40.5 Å². The lowest BCUT2D eigenvalue weighted by Gasteiger charge is -2.21. The van der Waals surface area contributed by atoms with Crippen molar-refractivity contribution in [1.29, 1.82) is 0 Å². The Bertz CT molecular complexity index is 98.4. The minimum absolute atomic E-state index is 0.0487. The molecule has 0 rings (SSSR count). The fourth-order valence-corrected chi connectivity index (χ4v) is 1.36. The molecule has 0 aliphatic heterocycles. The van der Waals surface area contributed by atoms with Gasteiger partial charge in [-0.2, -0.15) is 0 Å². The van der Waals surface area contributed by atoms with Crippen LogP contribution >= 0.6 is 0 Å². The van der Waals surface area contributed by atoms with E-state index in [2.05, 4.69) is 27.7 Å². The van der Waals surface area contributed by atoms with Crippen LogP contribution in [0.3, 0.4) is 0 Å². The van der Waals surface area contributed by atoms with Gasteiger partial charge in [0.2, 0.25) is 0 Å². The zero-order chi connectivity index (χ0) is 9.72. The molecule has 0 amide bonds. The number of rotatable bonds is 5. The summed E-state index contributed by atoms with van der Waals surface area (Å²) >= 11 is 0. The molecule has 2 atom stereocenters. The van der Waals surface area contributed by atoms with Gasteiger partial charge in [-0.3, -0.25) is 0 Å². The van der Waals surface area contributed by atoms with Crippen LogP contribution in [0.4, 0.5) is 0 Å². The van der Waals surface area contributed by atoms with E-state index in [4.69, 9.17) is 5.73 Å². The van der Waals surface area contributed by atoms with Crippen LogP contribution in [-0.4, -0.2) is 17.3 Å². The predicted octanol–water partition coefficient (Wildman–Crippen LogP) is 1.77. The summed E-state index contributed by atoms with van der Waals surface area (Å²) in [6.07, 6.45) is 1.40. The molecule has 2 heteroatoms. The van der Waals surface area contributed by atoms with Gasteiger partial charge in [0.1, 0.15) is 0 Å². The SMILES string of the molecule is CC(C)CC(N)C(O)CC(C)C. The first-order chi connectivity index (χ1) is 5.43. The van der Waals surface area contributed by atoms with E-state index in [0.717, 1.165) is 12.8 Å². The lowest BCUT2D eigenvalue weighted by atomic mass is 9.94. The maximum absolute atomic E-state index is 9.61. The van der Waals surface area contributed by atoms with Crippen LogP contribution in [0, 0.1) is 11.8 Å². The van der Waals surface area contributed by atoms with Gasteiger partial charge in [0, 0.05) is 6.04 Å². The van der Waals surface area contributed by atoms with E-state index in [9.17, 15) is 5.11 Å². The van der Waals surface area contributed by atoms with Gasteiger partial charge >= 0.3 is 0 Å². The van der Waals surface area contributed by atoms with Crippen molar-refractivity contribution in [2.24, 2.45) is 17.6 Å². The molecule has 2 nitrogen and oxygen atoms in total. The van der Waals surface area contributed by atoms with Gasteiger partial charge in [-0.15, -0.1) is 0 Å². The van der Waals surface area contributed by atoms with E-state index in [-0.39, 0.29) is 12.1 Å². The topological polar surface area (TPSA) is 46.2 Å². The second kappa shape index (κ2) is 5.55. The number of hydrogen-bond acceptors (Lipinski definition) is 2. The first-order valence-corrected chi connectivity index (χ1v) is 4.87. The summed E-state index contributed by atoms with van der Waals surface area (Å²) in [7, 11) is 0. The molecule has 0 radical (unpaired) electrons. The summed E-state index contributed by atoms with van der Waals surface area (Å²) in [6, 6.07) is -0.0487. The molecule has 0 saturated carbocycles. The molecule has 3 N–H and O–H groups in total. The molecule has 0 aliphatic carbocycles. The van der Waals surface area contributed by atoms with Crippen molar-refractivity contribution >= 4 is 0 Å². The number of aliphatic hydroxyl groups excluding tert-OH is 1. The third kappa shape index (κ3) is 5.56. The number of hydrogen-bond donors (Lipinski definition) is 2. The summed E-state index contributed by atoms with van der Waals surface area (Å²) < 4.78 is 0. The second-order valence-corrected chi connectivity index (χ2v) is 4.49. The average Bonchev–Trinajstić information content (AvgIpc) is 1.84. The summed E-state index contributed by atoms with van der Waals surface area (Å²) in [5, 5.41) is 9.61. The van der Waals surface area contributed by atoms with Crippen LogP contribution in [0.2, 0.25) is 0 Å². The molecule has 0 aromatic carbocycles. The standard InChI is InChI=1S/C10H23NO/c1-7(2)5-9(11)10(12)6-8(3)4/h7-10,12H,5-6,11H2,1-4H3. The smallest absolute Gasteiger partial charge is 0.0693 e. The Labute approximate surface area is 76.2 Å². The predicted molar refractivity (Wildman–Crippen MR) is 52.9 cm³/mol. The van der Waals surface area contributed by atoms with Gasteiger partial charge in [0.05, 0.1) is 6.10 Å². The highest BCUT2D eigenvalue weighted by Crippen LogP contribution is 2.12. The normalized spacial score (nSPS) is 17.0. The van der Waals surface area contributed by atoms with Gasteiger partial charge in [0.15, 0.2) is 0 Å². The summed E-state index contributed by atoms with van der Waals surface area (Å²) in [5.74, 6) is 1.10. The Morgan fingerprint density at radius 3 is 1.75 bits per heavy atom. The molecule has 0 aromatic rings. The lowest BCUT2D eigenvalue weighted by Crippen LogP contribution is -2.36. The van der Waals surface area contributed by atoms with Crippen LogP contribution in [-0.2, 0) is 0 Å². The van der Waals surface area contributed by atoms with Crippen molar-refractivity contribution < 1.29 is 5.11 Å². The highest BCUT2D eigenvalue weighted by molar-refractivity contribution is 4.73. The molecule has 0 heterocycles. The van der Waals surface area contributed by atoms with Crippen LogP contribution < -0.4 is 5.73 Å². The van der Waals surface area contributed by atoms with Crippen LogP contribution in [0.5, 0.6) is 0 Å². The highest BCUT2D eigenvalue weighted by Gasteiger charge is 2.16. The number of nitrogens with two attached hydrogens (primary N) is 1.